The van der Waals surface area contributed by atoms with Crippen molar-refractivity contribution < 1.29 is 18.8 Å². The minimum absolute atomic E-state index is 0.299. The average Bonchev–Trinajstić information content (AvgIpc) is 3.47. The van der Waals surface area contributed by atoms with Crippen molar-refractivity contribution in [2.75, 3.05) is 5.32 Å². The molecule has 1 amide bonds. The molecule has 0 aliphatic rings. The highest BCUT2D eigenvalue weighted by Gasteiger charge is 2.27. The number of benzene rings is 2. The van der Waals surface area contributed by atoms with Crippen LogP contribution in [0.2, 0.25) is 0 Å². The van der Waals surface area contributed by atoms with Crippen LogP contribution in [0.4, 0.5) is 5.00 Å². The van der Waals surface area contributed by atoms with Crippen LogP contribution in [0.25, 0.3) is 22.4 Å². The van der Waals surface area contributed by atoms with E-state index in [0.717, 1.165) is 23.1 Å². The fourth-order valence-corrected chi connectivity index (χ4v) is 4.92. The lowest BCUT2D eigenvalue weighted by molar-refractivity contribution is 0.0380. The van der Waals surface area contributed by atoms with E-state index in [-0.39, 0.29) is 6.10 Å². The summed E-state index contributed by atoms with van der Waals surface area (Å²) < 4.78 is 10.9. The molecule has 0 spiro atoms. The molecule has 0 saturated heterocycles. The minimum Gasteiger partial charge on any atom is -0.459 e. The molecule has 0 saturated carbocycles. The fourth-order valence-electron chi connectivity index (χ4n) is 3.96. The van der Waals surface area contributed by atoms with Gasteiger partial charge in [0.05, 0.1) is 6.10 Å². The summed E-state index contributed by atoms with van der Waals surface area (Å²) in [6, 6.07) is 17.6. The van der Waals surface area contributed by atoms with Gasteiger partial charge in [-0.1, -0.05) is 73.6 Å². The van der Waals surface area contributed by atoms with Gasteiger partial charge in [-0.3, -0.25) is 4.79 Å². The first-order valence-electron chi connectivity index (χ1n) is 12.1. The number of ether oxygens (including phenoxy) is 1. The predicted octanol–water partition coefficient (Wildman–Crippen LogP) is 7.71. The first-order valence-corrected chi connectivity index (χ1v) is 12.9. The fraction of sp³-hybridized carbons (Fsp3) is 0.276. The Morgan fingerprint density at radius 3 is 2.33 bits per heavy atom. The standard InChI is InChI=1S/C29H30N2O4S/c1-6-18(4)20-12-14-21(15-13-20)23-16-36-28(25(23)29(33)34-17(2)3)30-27(32)24-19(5)35-31-26(24)22-10-8-7-9-11-22/h7-18H,6H2,1-5H3,(H,30,32). The molecule has 0 radical (unpaired) electrons. The second-order valence-electron chi connectivity index (χ2n) is 9.02. The van der Waals surface area contributed by atoms with Crippen molar-refractivity contribution >= 4 is 28.2 Å². The molecular weight excluding hydrogens is 472 g/mol. The number of carbonyl (C=O) groups excluding carboxylic acids is 2. The zero-order valence-corrected chi connectivity index (χ0v) is 21.9. The lowest BCUT2D eigenvalue weighted by Crippen LogP contribution is -2.17. The Bertz CT molecular complexity index is 1350. The molecule has 2 heterocycles. The highest BCUT2D eigenvalue weighted by molar-refractivity contribution is 7.15. The minimum atomic E-state index is -0.479. The third-order valence-electron chi connectivity index (χ3n) is 6.11. The number of esters is 1. The summed E-state index contributed by atoms with van der Waals surface area (Å²) in [4.78, 5) is 26.6. The number of rotatable bonds is 8. The number of aryl methyl sites for hydroxylation is 1. The summed E-state index contributed by atoms with van der Waals surface area (Å²) >= 11 is 1.29. The van der Waals surface area contributed by atoms with Crippen molar-refractivity contribution in [3.63, 3.8) is 0 Å². The molecular formula is C29H30N2O4S. The van der Waals surface area contributed by atoms with Crippen LogP contribution in [0.1, 0.15) is 72.1 Å². The molecule has 6 nitrogen and oxygen atoms in total. The van der Waals surface area contributed by atoms with Crippen molar-refractivity contribution in [1.29, 1.82) is 0 Å². The van der Waals surface area contributed by atoms with E-state index in [4.69, 9.17) is 9.26 Å². The second-order valence-corrected chi connectivity index (χ2v) is 9.90. The number of aromatic nitrogens is 1. The van der Waals surface area contributed by atoms with Gasteiger partial charge < -0.3 is 14.6 Å². The Morgan fingerprint density at radius 1 is 1.00 bits per heavy atom. The number of amides is 1. The molecule has 1 atom stereocenters. The normalized spacial score (nSPS) is 11.9. The maximum atomic E-state index is 13.4. The van der Waals surface area contributed by atoms with Crippen LogP contribution in [-0.2, 0) is 4.74 Å². The van der Waals surface area contributed by atoms with E-state index < -0.39 is 11.9 Å². The number of thiophene rings is 1. The van der Waals surface area contributed by atoms with Crippen molar-refractivity contribution in [3.8, 4) is 22.4 Å². The quantitative estimate of drug-likeness (QED) is 0.250. The number of hydrogen-bond donors (Lipinski definition) is 1. The summed E-state index contributed by atoms with van der Waals surface area (Å²) in [7, 11) is 0. The molecule has 36 heavy (non-hydrogen) atoms. The van der Waals surface area contributed by atoms with Crippen LogP contribution >= 0.6 is 11.3 Å². The van der Waals surface area contributed by atoms with Gasteiger partial charge in [0.2, 0.25) is 0 Å². The van der Waals surface area contributed by atoms with E-state index in [2.05, 4.69) is 36.5 Å². The molecule has 0 bridgehead atoms. The SMILES string of the molecule is CCC(C)c1ccc(-c2csc(NC(=O)c3c(-c4ccccc4)noc3C)c2C(=O)OC(C)C)cc1. The van der Waals surface area contributed by atoms with Crippen molar-refractivity contribution in [2.45, 2.75) is 53.1 Å². The smallest absolute Gasteiger partial charge is 0.342 e. The molecule has 0 aliphatic heterocycles. The van der Waals surface area contributed by atoms with Gasteiger partial charge in [0.25, 0.3) is 5.91 Å². The van der Waals surface area contributed by atoms with E-state index in [0.29, 0.717) is 33.5 Å². The molecule has 186 valence electrons. The van der Waals surface area contributed by atoms with Crippen LogP contribution in [-0.4, -0.2) is 23.1 Å². The van der Waals surface area contributed by atoms with Crippen LogP contribution in [0.3, 0.4) is 0 Å². The third-order valence-corrected chi connectivity index (χ3v) is 7.00. The number of carbonyl (C=O) groups is 2. The summed E-state index contributed by atoms with van der Waals surface area (Å²) in [6.07, 6.45) is 0.749. The van der Waals surface area contributed by atoms with Crippen LogP contribution in [0, 0.1) is 6.92 Å². The van der Waals surface area contributed by atoms with E-state index in [9.17, 15) is 9.59 Å². The molecule has 0 aliphatic carbocycles. The molecule has 7 heteroatoms. The van der Waals surface area contributed by atoms with Crippen LogP contribution < -0.4 is 5.32 Å². The van der Waals surface area contributed by atoms with Gasteiger partial charge in [-0.2, -0.15) is 0 Å². The Hall–Kier alpha value is -3.71. The topological polar surface area (TPSA) is 81.4 Å². The van der Waals surface area contributed by atoms with Gasteiger partial charge in [0, 0.05) is 16.5 Å². The maximum Gasteiger partial charge on any atom is 0.342 e. The molecule has 2 aromatic carbocycles. The number of nitrogens with one attached hydrogen (secondary N) is 1. The van der Waals surface area contributed by atoms with Crippen molar-refractivity contribution in [2.24, 2.45) is 0 Å². The first kappa shape index (κ1) is 25.4. The summed E-state index contributed by atoms with van der Waals surface area (Å²) in [5, 5.41) is 9.33. The van der Waals surface area contributed by atoms with Gasteiger partial charge >= 0.3 is 5.97 Å². The Kier molecular flexibility index (Phi) is 7.70. The summed E-state index contributed by atoms with van der Waals surface area (Å²) in [5.41, 5.74) is 4.75. The lowest BCUT2D eigenvalue weighted by atomic mass is 9.95. The molecule has 0 fully saturated rings. The molecule has 1 unspecified atom stereocenters. The summed E-state index contributed by atoms with van der Waals surface area (Å²) in [6.45, 7) is 9.65. The number of anilines is 1. The van der Waals surface area contributed by atoms with Crippen LogP contribution in [0.15, 0.2) is 64.5 Å². The van der Waals surface area contributed by atoms with Gasteiger partial charge in [0.1, 0.15) is 27.6 Å². The second kappa shape index (κ2) is 10.9. The highest BCUT2D eigenvalue weighted by atomic mass is 32.1. The largest absolute Gasteiger partial charge is 0.459 e. The van der Waals surface area contributed by atoms with E-state index in [1.54, 1.807) is 20.8 Å². The average molecular weight is 503 g/mol. The Morgan fingerprint density at radius 2 is 1.69 bits per heavy atom. The monoisotopic (exact) mass is 502 g/mol. The first-order chi connectivity index (χ1) is 17.3. The van der Waals surface area contributed by atoms with Gasteiger partial charge in [-0.15, -0.1) is 11.3 Å². The maximum absolute atomic E-state index is 13.4. The van der Waals surface area contributed by atoms with Gasteiger partial charge in [0.15, 0.2) is 0 Å². The molecule has 2 aromatic heterocycles. The third kappa shape index (κ3) is 5.26. The molecule has 4 aromatic rings. The van der Waals surface area contributed by atoms with E-state index in [1.165, 1.54) is 16.9 Å². The van der Waals surface area contributed by atoms with E-state index in [1.807, 2.05) is 47.8 Å². The van der Waals surface area contributed by atoms with Crippen LogP contribution in [0.5, 0.6) is 0 Å². The zero-order chi connectivity index (χ0) is 25.8. The Balaban J connectivity index is 1.71. The van der Waals surface area contributed by atoms with Gasteiger partial charge in [-0.25, -0.2) is 4.79 Å². The van der Waals surface area contributed by atoms with E-state index >= 15 is 0 Å². The Labute approximate surface area is 215 Å². The van der Waals surface area contributed by atoms with Crippen molar-refractivity contribution in [3.05, 3.63) is 82.4 Å². The summed E-state index contributed by atoms with van der Waals surface area (Å²) in [5.74, 6) is -0.0259. The number of nitrogens with zero attached hydrogens (tertiary/aromatic N) is 1. The highest BCUT2D eigenvalue weighted by Crippen LogP contribution is 2.38. The molecule has 4 rings (SSSR count). The predicted molar refractivity (Wildman–Crippen MR) is 144 cm³/mol. The molecule has 1 N–H and O–H groups in total. The van der Waals surface area contributed by atoms with Crippen molar-refractivity contribution in [1.82, 2.24) is 5.16 Å². The van der Waals surface area contributed by atoms with Gasteiger partial charge in [-0.05, 0) is 44.2 Å². The number of hydrogen-bond acceptors (Lipinski definition) is 6. The lowest BCUT2D eigenvalue weighted by Gasteiger charge is -2.13. The zero-order valence-electron chi connectivity index (χ0n) is 21.1.